The molecule has 1 N–H and O–H groups in total. The first-order chi connectivity index (χ1) is 23.8. The number of quaternary nitrogens is 1. The van der Waals surface area contributed by atoms with Crippen molar-refractivity contribution < 1.29 is 36.3 Å². The van der Waals surface area contributed by atoms with E-state index in [1.807, 2.05) is 51.7 Å². The summed E-state index contributed by atoms with van der Waals surface area (Å²) in [4.78, 5) is 16.3. The Kier molecular flexibility index (Phi) is 12.9. The molecule has 1 atom stereocenters. The molecule has 0 amide bonds. The number of rotatable bonds is 16. The fourth-order valence-corrected chi connectivity index (χ4v) is 9.07. The first-order valence-corrected chi connectivity index (χ1v) is 19.3. The quantitative estimate of drug-likeness (QED) is 0.0907. The minimum Gasteiger partial charge on any atom is -0.495 e. The largest absolute Gasteiger partial charge is 0.495 e. The van der Waals surface area contributed by atoms with Gasteiger partial charge in [0.1, 0.15) is 23.4 Å². The zero-order valence-electron chi connectivity index (χ0n) is 29.6. The maximum atomic E-state index is 15.9. The van der Waals surface area contributed by atoms with Crippen molar-refractivity contribution in [3.05, 3.63) is 99.3 Å². The van der Waals surface area contributed by atoms with Gasteiger partial charge in [0, 0.05) is 40.4 Å². The number of hydrogen-bond donors (Lipinski definition) is 1. The standard InChI is InChI=1S/C36H42Cl2F2N4O5S2/c1-8-31(34(45)46)42(16-9-17-44(4,5)6)51(47,48)26-19-29(38)27(30(40)20-26)22-50-35-41-21-33(43(35)25-13-11-24(39)12-14-25)36(2,3)23-10-15-28(37)32(18-23)49-7/h10-15,18-21,31H,8-9,16-17,22H2,1-7H3/p+1/t31-/m0/s1. The number of hydrogen-bond acceptors (Lipinski definition) is 6. The third-order valence-corrected chi connectivity index (χ3v) is 12.1. The van der Waals surface area contributed by atoms with Crippen LogP contribution in [-0.4, -0.2) is 85.2 Å². The van der Waals surface area contributed by atoms with E-state index in [0.717, 1.165) is 39.5 Å². The number of benzene rings is 3. The van der Waals surface area contributed by atoms with E-state index in [1.54, 1.807) is 31.3 Å². The number of sulfonamides is 1. The van der Waals surface area contributed by atoms with Crippen molar-refractivity contribution in [1.82, 2.24) is 13.9 Å². The van der Waals surface area contributed by atoms with E-state index in [2.05, 4.69) is 4.98 Å². The summed E-state index contributed by atoms with van der Waals surface area (Å²) in [5, 5.41) is 10.6. The van der Waals surface area contributed by atoms with Crippen molar-refractivity contribution in [2.75, 3.05) is 41.3 Å². The zero-order valence-corrected chi connectivity index (χ0v) is 32.7. The number of halogens is 4. The molecule has 0 bridgehead atoms. The van der Waals surface area contributed by atoms with Gasteiger partial charge in [0.25, 0.3) is 0 Å². The van der Waals surface area contributed by atoms with Gasteiger partial charge in [-0.15, -0.1) is 0 Å². The molecular formula is C36H43Cl2F2N4O5S2+. The molecule has 51 heavy (non-hydrogen) atoms. The summed E-state index contributed by atoms with van der Waals surface area (Å²) in [6, 6.07) is 12.1. The van der Waals surface area contributed by atoms with E-state index < -0.39 is 44.0 Å². The summed E-state index contributed by atoms with van der Waals surface area (Å²) in [6.07, 6.45) is 2.11. The third kappa shape index (κ3) is 9.24. The number of imidazole rings is 1. The highest BCUT2D eigenvalue weighted by Gasteiger charge is 2.36. The lowest BCUT2D eigenvalue weighted by Gasteiger charge is -2.30. The van der Waals surface area contributed by atoms with Gasteiger partial charge in [-0.3, -0.25) is 9.36 Å². The van der Waals surface area contributed by atoms with E-state index in [-0.39, 0.29) is 29.3 Å². The average molecular weight is 785 g/mol. The van der Waals surface area contributed by atoms with Crippen LogP contribution in [0, 0.1) is 11.6 Å². The van der Waals surface area contributed by atoms with Crippen LogP contribution >= 0.6 is 35.0 Å². The Balaban J connectivity index is 1.71. The molecule has 0 aliphatic carbocycles. The summed E-state index contributed by atoms with van der Waals surface area (Å²) in [7, 11) is 2.93. The van der Waals surface area contributed by atoms with Gasteiger partial charge >= 0.3 is 5.97 Å². The third-order valence-electron chi connectivity index (χ3n) is 8.62. The maximum absolute atomic E-state index is 15.9. The Morgan fingerprint density at radius 1 is 1.08 bits per heavy atom. The predicted molar refractivity (Wildman–Crippen MR) is 198 cm³/mol. The first kappa shape index (κ1) is 40.6. The molecule has 9 nitrogen and oxygen atoms in total. The first-order valence-electron chi connectivity index (χ1n) is 16.2. The molecule has 0 spiro atoms. The van der Waals surface area contributed by atoms with Gasteiger partial charge < -0.3 is 14.3 Å². The van der Waals surface area contributed by atoms with Crippen molar-refractivity contribution in [1.29, 1.82) is 0 Å². The van der Waals surface area contributed by atoms with Crippen LogP contribution in [0.25, 0.3) is 5.69 Å². The van der Waals surface area contributed by atoms with Gasteiger partial charge in [-0.1, -0.05) is 61.8 Å². The molecule has 4 aromatic rings. The SMILES string of the molecule is CC[C@@H](C(=O)O)N(CCC[N+](C)(C)C)S(=O)(=O)c1cc(F)c(CSc2ncc(C(C)(C)c3ccc(Cl)c(OC)c3)n2-c2ccc(F)cc2)c(Cl)c1. The molecule has 1 aromatic heterocycles. The molecule has 0 fully saturated rings. The number of methoxy groups -OCH3 is 1. The summed E-state index contributed by atoms with van der Waals surface area (Å²) in [5.74, 6) is -2.10. The van der Waals surface area contributed by atoms with Gasteiger partial charge in [-0.05, 0) is 60.5 Å². The molecule has 3 aromatic carbocycles. The maximum Gasteiger partial charge on any atom is 0.322 e. The van der Waals surface area contributed by atoms with Crippen LogP contribution in [0.4, 0.5) is 8.78 Å². The van der Waals surface area contributed by atoms with Crippen LogP contribution < -0.4 is 4.74 Å². The summed E-state index contributed by atoms with van der Waals surface area (Å²) < 4.78 is 66.3. The second-order valence-electron chi connectivity index (χ2n) is 13.6. The Labute approximate surface area is 312 Å². The molecule has 1 heterocycles. The van der Waals surface area contributed by atoms with Crippen molar-refractivity contribution in [3.8, 4) is 11.4 Å². The summed E-state index contributed by atoms with van der Waals surface area (Å²) in [6.45, 7) is 6.11. The van der Waals surface area contributed by atoms with Crippen molar-refractivity contribution in [3.63, 3.8) is 0 Å². The molecule has 0 saturated heterocycles. The lowest BCUT2D eigenvalue weighted by molar-refractivity contribution is -0.870. The molecule has 0 saturated carbocycles. The molecule has 0 radical (unpaired) electrons. The highest BCUT2D eigenvalue weighted by atomic mass is 35.5. The summed E-state index contributed by atoms with van der Waals surface area (Å²) >= 11 is 14.0. The number of carboxylic acids is 1. The highest BCUT2D eigenvalue weighted by Crippen LogP contribution is 2.40. The van der Waals surface area contributed by atoms with E-state index >= 15 is 4.39 Å². The minimum absolute atomic E-state index is 0.0228. The number of ether oxygens (including phenoxy) is 1. The fourth-order valence-electron chi connectivity index (χ4n) is 5.70. The topological polar surface area (TPSA) is 102 Å². The van der Waals surface area contributed by atoms with Crippen LogP contribution in [0.5, 0.6) is 5.75 Å². The Morgan fingerprint density at radius 2 is 1.75 bits per heavy atom. The molecule has 4 rings (SSSR count). The smallest absolute Gasteiger partial charge is 0.322 e. The monoisotopic (exact) mass is 783 g/mol. The van der Waals surface area contributed by atoms with Crippen LogP contribution in [-0.2, 0) is 26.0 Å². The Bertz CT molecular complexity index is 1960. The van der Waals surface area contributed by atoms with Crippen LogP contribution in [0.1, 0.15) is 50.4 Å². The summed E-state index contributed by atoms with van der Waals surface area (Å²) in [5.41, 5.74) is 1.60. The van der Waals surface area contributed by atoms with Crippen molar-refractivity contribution in [2.45, 2.75) is 60.9 Å². The Morgan fingerprint density at radius 3 is 2.31 bits per heavy atom. The number of thioether (sulfide) groups is 1. The van der Waals surface area contributed by atoms with Gasteiger partial charge in [0.2, 0.25) is 10.0 Å². The van der Waals surface area contributed by atoms with E-state index in [0.29, 0.717) is 39.1 Å². The van der Waals surface area contributed by atoms with Crippen LogP contribution in [0.3, 0.4) is 0 Å². The molecule has 15 heteroatoms. The average Bonchev–Trinajstić information content (AvgIpc) is 3.48. The lowest BCUT2D eigenvalue weighted by atomic mass is 9.81. The molecule has 0 aliphatic rings. The fraction of sp³-hybridized carbons (Fsp3) is 0.389. The predicted octanol–water partition coefficient (Wildman–Crippen LogP) is 8.03. The number of carbonyl (C=O) groups is 1. The second-order valence-corrected chi connectivity index (χ2v) is 17.3. The van der Waals surface area contributed by atoms with E-state index in [4.69, 9.17) is 27.9 Å². The van der Waals surface area contributed by atoms with Crippen LogP contribution in [0.15, 0.2) is 70.8 Å². The Hall–Kier alpha value is -3.20. The van der Waals surface area contributed by atoms with Crippen LogP contribution in [0.2, 0.25) is 10.0 Å². The van der Waals surface area contributed by atoms with E-state index in [1.165, 1.54) is 19.2 Å². The van der Waals surface area contributed by atoms with Gasteiger partial charge in [-0.2, -0.15) is 4.31 Å². The van der Waals surface area contributed by atoms with Gasteiger partial charge in [0.15, 0.2) is 5.16 Å². The molecule has 0 unspecified atom stereocenters. The number of aliphatic carboxylic acids is 1. The number of carboxylic acid groups (broad SMARTS) is 1. The normalized spacial score (nSPS) is 13.1. The number of aromatic nitrogens is 2. The number of nitrogens with zero attached hydrogens (tertiary/aromatic N) is 4. The highest BCUT2D eigenvalue weighted by molar-refractivity contribution is 7.98. The van der Waals surface area contributed by atoms with Crippen molar-refractivity contribution >= 4 is 51.0 Å². The second kappa shape index (κ2) is 16.2. The van der Waals surface area contributed by atoms with E-state index in [9.17, 15) is 22.7 Å². The molecular weight excluding hydrogens is 741 g/mol. The molecule has 0 aliphatic heterocycles. The van der Waals surface area contributed by atoms with Gasteiger partial charge in [0.05, 0.1) is 56.6 Å². The lowest BCUT2D eigenvalue weighted by Crippen LogP contribution is -2.46. The van der Waals surface area contributed by atoms with Gasteiger partial charge in [-0.25, -0.2) is 22.2 Å². The zero-order chi connectivity index (χ0) is 37.9. The minimum atomic E-state index is -4.45. The van der Waals surface area contributed by atoms with Crippen molar-refractivity contribution in [2.24, 2.45) is 0 Å². The molecule has 276 valence electrons.